The first-order chi connectivity index (χ1) is 9.24. The van der Waals surface area contributed by atoms with Crippen LogP contribution in [0.15, 0.2) is 47.3 Å². The fourth-order valence-corrected chi connectivity index (χ4v) is 2.73. The van der Waals surface area contributed by atoms with E-state index in [0.717, 1.165) is 27.5 Å². The van der Waals surface area contributed by atoms with Crippen molar-refractivity contribution in [3.63, 3.8) is 0 Å². The Labute approximate surface area is 108 Å². The summed E-state index contributed by atoms with van der Waals surface area (Å²) >= 11 is 0. The van der Waals surface area contributed by atoms with Crippen molar-refractivity contribution in [1.82, 2.24) is 9.97 Å². The van der Waals surface area contributed by atoms with Crippen molar-refractivity contribution in [1.29, 1.82) is 0 Å². The molecule has 0 bridgehead atoms. The first kappa shape index (κ1) is 10.4. The number of benzene rings is 2. The highest BCUT2D eigenvalue weighted by molar-refractivity contribution is 6.08. The molecule has 0 aliphatic heterocycles. The second-order valence-corrected chi connectivity index (χ2v) is 4.90. The zero-order chi connectivity index (χ0) is 13.0. The molecule has 0 aliphatic carbocycles. The molecule has 0 unspecified atom stereocenters. The van der Waals surface area contributed by atoms with Crippen LogP contribution in [0.2, 0.25) is 0 Å². The Bertz CT molecular complexity index is 992. The average molecular weight is 248 g/mol. The third-order valence-corrected chi connectivity index (χ3v) is 3.69. The SMILES string of the molecule is Cc1cccc2[nH]c3c(cc12)[nH]c1cccc(=O)c13. The van der Waals surface area contributed by atoms with Crippen LogP contribution < -0.4 is 5.43 Å². The van der Waals surface area contributed by atoms with E-state index in [1.807, 2.05) is 18.2 Å². The van der Waals surface area contributed by atoms with Gasteiger partial charge in [-0.15, -0.1) is 0 Å². The summed E-state index contributed by atoms with van der Waals surface area (Å²) in [6.07, 6.45) is 0. The summed E-state index contributed by atoms with van der Waals surface area (Å²) in [5.41, 5.74) is 5.06. The van der Waals surface area contributed by atoms with Gasteiger partial charge in [-0.2, -0.15) is 0 Å². The van der Waals surface area contributed by atoms with Gasteiger partial charge in [0.2, 0.25) is 0 Å². The Morgan fingerprint density at radius 1 is 0.895 bits per heavy atom. The molecule has 19 heavy (non-hydrogen) atoms. The number of rotatable bonds is 0. The van der Waals surface area contributed by atoms with E-state index in [-0.39, 0.29) is 5.43 Å². The van der Waals surface area contributed by atoms with E-state index in [1.165, 1.54) is 10.9 Å². The molecule has 3 heteroatoms. The maximum atomic E-state index is 12.0. The lowest BCUT2D eigenvalue weighted by Crippen LogP contribution is -1.96. The Balaban J connectivity index is 2.32. The van der Waals surface area contributed by atoms with E-state index in [4.69, 9.17) is 0 Å². The number of hydrogen-bond donors (Lipinski definition) is 2. The summed E-state index contributed by atoms with van der Waals surface area (Å²) in [5.74, 6) is 0. The Hall–Kier alpha value is -2.55. The van der Waals surface area contributed by atoms with Gasteiger partial charge >= 0.3 is 0 Å². The number of aromatic amines is 2. The van der Waals surface area contributed by atoms with Crippen LogP contribution >= 0.6 is 0 Å². The molecule has 2 N–H and O–H groups in total. The van der Waals surface area contributed by atoms with E-state index >= 15 is 0 Å². The predicted molar refractivity (Wildman–Crippen MR) is 78.7 cm³/mol. The van der Waals surface area contributed by atoms with Crippen molar-refractivity contribution in [2.24, 2.45) is 0 Å². The molecule has 0 atom stereocenters. The van der Waals surface area contributed by atoms with Gasteiger partial charge < -0.3 is 9.97 Å². The lowest BCUT2D eigenvalue weighted by molar-refractivity contribution is 1.45. The topological polar surface area (TPSA) is 48.6 Å². The summed E-state index contributed by atoms with van der Waals surface area (Å²) in [4.78, 5) is 18.7. The lowest BCUT2D eigenvalue weighted by atomic mass is 10.1. The Morgan fingerprint density at radius 2 is 1.68 bits per heavy atom. The molecular formula is C16H12N2O. The fraction of sp³-hybridized carbons (Fsp3) is 0.0625. The van der Waals surface area contributed by atoms with Gasteiger partial charge in [-0.1, -0.05) is 18.2 Å². The summed E-state index contributed by atoms with van der Waals surface area (Å²) in [6.45, 7) is 2.09. The molecule has 0 spiro atoms. The van der Waals surface area contributed by atoms with Crippen molar-refractivity contribution in [3.8, 4) is 0 Å². The number of H-pyrrole nitrogens is 2. The van der Waals surface area contributed by atoms with E-state index in [0.29, 0.717) is 0 Å². The maximum absolute atomic E-state index is 12.0. The molecular weight excluding hydrogens is 236 g/mol. The minimum atomic E-state index is 0.0482. The zero-order valence-electron chi connectivity index (χ0n) is 10.4. The minimum absolute atomic E-state index is 0.0482. The van der Waals surface area contributed by atoms with E-state index in [1.54, 1.807) is 12.1 Å². The predicted octanol–water partition coefficient (Wildman–Crippen LogP) is 3.47. The van der Waals surface area contributed by atoms with Crippen molar-refractivity contribution in [3.05, 3.63) is 58.3 Å². The lowest BCUT2D eigenvalue weighted by Gasteiger charge is -2.02. The van der Waals surface area contributed by atoms with Gasteiger partial charge in [0.25, 0.3) is 0 Å². The van der Waals surface area contributed by atoms with Crippen LogP contribution in [0.1, 0.15) is 5.56 Å². The molecule has 0 radical (unpaired) electrons. The van der Waals surface area contributed by atoms with E-state index in [9.17, 15) is 4.79 Å². The van der Waals surface area contributed by atoms with Gasteiger partial charge in [-0.3, -0.25) is 4.79 Å². The van der Waals surface area contributed by atoms with Crippen molar-refractivity contribution >= 4 is 32.8 Å². The van der Waals surface area contributed by atoms with Gasteiger partial charge in [-0.05, 0) is 36.8 Å². The quantitative estimate of drug-likeness (QED) is 0.492. The van der Waals surface area contributed by atoms with Crippen LogP contribution in [0.3, 0.4) is 0 Å². The molecule has 2 heterocycles. The molecule has 2 aromatic heterocycles. The number of nitrogens with one attached hydrogen (secondary N) is 2. The molecule has 92 valence electrons. The highest BCUT2D eigenvalue weighted by Crippen LogP contribution is 2.26. The number of fused-ring (bicyclic) bond motifs is 4. The van der Waals surface area contributed by atoms with Gasteiger partial charge in [0.1, 0.15) is 0 Å². The van der Waals surface area contributed by atoms with E-state index < -0.39 is 0 Å². The molecule has 0 aliphatic rings. The molecule has 4 rings (SSSR count). The largest absolute Gasteiger partial charge is 0.353 e. The Kier molecular flexibility index (Phi) is 1.90. The second kappa shape index (κ2) is 3.48. The van der Waals surface area contributed by atoms with Crippen LogP contribution in [-0.2, 0) is 0 Å². The first-order valence-corrected chi connectivity index (χ1v) is 6.27. The normalized spacial score (nSPS) is 11.6. The van der Waals surface area contributed by atoms with Gasteiger partial charge in [-0.25, -0.2) is 0 Å². The molecule has 4 aromatic rings. The molecule has 0 saturated heterocycles. The smallest absolute Gasteiger partial charge is 0.190 e. The summed E-state index contributed by atoms with van der Waals surface area (Å²) in [7, 11) is 0. The number of pyridine rings is 1. The third-order valence-electron chi connectivity index (χ3n) is 3.69. The van der Waals surface area contributed by atoms with Crippen molar-refractivity contribution < 1.29 is 0 Å². The minimum Gasteiger partial charge on any atom is -0.353 e. The van der Waals surface area contributed by atoms with Crippen LogP contribution in [0, 0.1) is 6.92 Å². The third kappa shape index (κ3) is 1.35. The summed E-state index contributed by atoms with van der Waals surface area (Å²) < 4.78 is 0. The molecule has 3 nitrogen and oxygen atoms in total. The fourth-order valence-electron chi connectivity index (χ4n) is 2.73. The highest BCUT2D eigenvalue weighted by atomic mass is 16.1. The monoisotopic (exact) mass is 248 g/mol. The van der Waals surface area contributed by atoms with Crippen molar-refractivity contribution in [2.75, 3.05) is 0 Å². The van der Waals surface area contributed by atoms with Crippen LogP contribution in [0.4, 0.5) is 0 Å². The number of aryl methyl sites for hydroxylation is 1. The highest BCUT2D eigenvalue weighted by Gasteiger charge is 2.09. The van der Waals surface area contributed by atoms with Gasteiger partial charge in [0.05, 0.1) is 21.9 Å². The van der Waals surface area contributed by atoms with Gasteiger partial charge in [0.15, 0.2) is 5.43 Å². The van der Waals surface area contributed by atoms with Crippen LogP contribution in [0.25, 0.3) is 32.8 Å². The van der Waals surface area contributed by atoms with Crippen molar-refractivity contribution in [2.45, 2.75) is 6.92 Å². The molecule has 0 saturated carbocycles. The maximum Gasteiger partial charge on any atom is 0.190 e. The summed E-state index contributed by atoms with van der Waals surface area (Å²) in [5, 5.41) is 1.91. The first-order valence-electron chi connectivity index (χ1n) is 6.27. The van der Waals surface area contributed by atoms with Gasteiger partial charge in [0, 0.05) is 10.9 Å². The van der Waals surface area contributed by atoms with Crippen LogP contribution in [0.5, 0.6) is 0 Å². The average Bonchev–Trinajstić information content (AvgIpc) is 2.76. The zero-order valence-corrected chi connectivity index (χ0v) is 10.4. The summed E-state index contributed by atoms with van der Waals surface area (Å²) in [6, 6.07) is 13.6. The second-order valence-electron chi connectivity index (χ2n) is 4.90. The number of hydrogen-bond acceptors (Lipinski definition) is 1. The molecule has 0 amide bonds. The van der Waals surface area contributed by atoms with E-state index in [2.05, 4.69) is 29.0 Å². The number of aromatic nitrogens is 2. The standard InChI is InChI=1S/C16H12N2O/c1-9-4-2-5-11-10(9)8-13-16(18-11)15-12(17-13)6-3-7-14(15)19/h2-8,17-18H,1H3. The van der Waals surface area contributed by atoms with Crippen LogP contribution in [-0.4, -0.2) is 9.97 Å². The molecule has 0 fully saturated rings. The molecule has 2 aromatic carbocycles. The Morgan fingerprint density at radius 3 is 2.58 bits per heavy atom.